The largest absolute Gasteiger partial charge is 0.444 e. The van der Waals surface area contributed by atoms with Crippen LogP contribution in [-0.4, -0.2) is 28.1 Å². The summed E-state index contributed by atoms with van der Waals surface area (Å²) in [5.41, 5.74) is -0.525. The normalized spacial score (nSPS) is 13.2. The molecule has 1 atom stereocenters. The Bertz CT molecular complexity index is 386. The van der Waals surface area contributed by atoms with Gasteiger partial charge in [-0.2, -0.15) is 0 Å². The minimum Gasteiger partial charge on any atom is -0.444 e. The van der Waals surface area contributed by atoms with Crippen LogP contribution in [0.1, 0.15) is 39.6 Å². The van der Waals surface area contributed by atoms with Crippen LogP contribution in [0.15, 0.2) is 9.64 Å². The van der Waals surface area contributed by atoms with E-state index in [1.807, 2.05) is 6.26 Å². The molecular formula is C10H17N3O3S. The van der Waals surface area contributed by atoms with E-state index in [0.717, 1.165) is 0 Å². The van der Waals surface area contributed by atoms with Gasteiger partial charge < -0.3 is 14.5 Å². The van der Waals surface area contributed by atoms with Gasteiger partial charge in [0.2, 0.25) is 5.89 Å². The first-order valence-corrected chi connectivity index (χ1v) is 6.41. The topological polar surface area (TPSA) is 77.2 Å². The van der Waals surface area contributed by atoms with Gasteiger partial charge in [0.25, 0.3) is 5.22 Å². The standard InChI is InChI=1S/C10H17N3O3S/c1-6(7-12-13-9(15-7)17-5)11-8(14)16-10(2,3)4/h6H,1-5H3,(H,11,14). The van der Waals surface area contributed by atoms with E-state index in [9.17, 15) is 4.79 Å². The summed E-state index contributed by atoms with van der Waals surface area (Å²) in [5.74, 6) is 0.361. The van der Waals surface area contributed by atoms with Crippen molar-refractivity contribution in [1.82, 2.24) is 15.5 Å². The number of aromatic nitrogens is 2. The molecular weight excluding hydrogens is 242 g/mol. The van der Waals surface area contributed by atoms with Crippen molar-refractivity contribution >= 4 is 17.9 Å². The van der Waals surface area contributed by atoms with Crippen LogP contribution < -0.4 is 5.32 Å². The molecule has 17 heavy (non-hydrogen) atoms. The number of ether oxygens (including phenoxy) is 1. The molecule has 96 valence electrons. The average Bonchev–Trinajstić information content (AvgIpc) is 2.62. The van der Waals surface area contributed by atoms with Crippen molar-refractivity contribution in [3.63, 3.8) is 0 Å². The third kappa shape index (κ3) is 4.64. The van der Waals surface area contributed by atoms with Crippen molar-refractivity contribution < 1.29 is 13.9 Å². The second-order valence-electron chi connectivity index (χ2n) is 4.48. The number of hydrogen-bond acceptors (Lipinski definition) is 6. The summed E-state index contributed by atoms with van der Waals surface area (Å²) in [6, 6.07) is -0.377. The highest BCUT2D eigenvalue weighted by molar-refractivity contribution is 7.98. The molecule has 0 saturated heterocycles. The Labute approximate surface area is 105 Å². The number of amides is 1. The fourth-order valence-corrected chi connectivity index (χ4v) is 1.32. The Kier molecular flexibility index (Phi) is 4.39. The average molecular weight is 259 g/mol. The van der Waals surface area contributed by atoms with Gasteiger partial charge in [-0.25, -0.2) is 4.79 Å². The summed E-state index contributed by atoms with van der Waals surface area (Å²) in [7, 11) is 0. The molecule has 1 N–H and O–H groups in total. The fraction of sp³-hybridized carbons (Fsp3) is 0.700. The van der Waals surface area contributed by atoms with E-state index in [1.54, 1.807) is 27.7 Å². The summed E-state index contributed by atoms with van der Waals surface area (Å²) < 4.78 is 10.4. The van der Waals surface area contributed by atoms with Gasteiger partial charge in [-0.3, -0.25) is 0 Å². The Balaban J connectivity index is 2.54. The van der Waals surface area contributed by atoms with E-state index in [2.05, 4.69) is 15.5 Å². The summed E-state index contributed by atoms with van der Waals surface area (Å²) >= 11 is 1.35. The highest BCUT2D eigenvalue weighted by atomic mass is 32.2. The zero-order valence-corrected chi connectivity index (χ0v) is 11.4. The van der Waals surface area contributed by atoms with Crippen LogP contribution in [0.2, 0.25) is 0 Å². The third-order valence-electron chi connectivity index (χ3n) is 1.70. The predicted octanol–water partition coefficient (Wildman–Crippen LogP) is 2.38. The molecule has 1 unspecified atom stereocenters. The Morgan fingerprint density at radius 2 is 2.12 bits per heavy atom. The first-order valence-electron chi connectivity index (χ1n) is 5.18. The molecule has 0 aliphatic carbocycles. The first-order chi connectivity index (χ1) is 7.81. The minimum absolute atomic E-state index is 0.361. The van der Waals surface area contributed by atoms with Crippen LogP contribution in [-0.2, 0) is 4.74 Å². The van der Waals surface area contributed by atoms with Gasteiger partial charge in [-0.1, -0.05) is 11.8 Å². The van der Waals surface area contributed by atoms with E-state index >= 15 is 0 Å². The zero-order valence-electron chi connectivity index (χ0n) is 10.6. The molecule has 1 aromatic heterocycles. The van der Waals surface area contributed by atoms with Crippen molar-refractivity contribution in [3.8, 4) is 0 Å². The van der Waals surface area contributed by atoms with E-state index < -0.39 is 11.7 Å². The van der Waals surface area contributed by atoms with Crippen LogP contribution in [0.3, 0.4) is 0 Å². The molecule has 0 fully saturated rings. The highest BCUT2D eigenvalue weighted by Gasteiger charge is 2.20. The monoisotopic (exact) mass is 259 g/mol. The molecule has 0 bridgehead atoms. The number of alkyl carbamates (subject to hydrolysis) is 1. The fourth-order valence-electron chi connectivity index (χ4n) is 1.02. The second-order valence-corrected chi connectivity index (χ2v) is 5.24. The van der Waals surface area contributed by atoms with Gasteiger partial charge in [-0.15, -0.1) is 10.2 Å². The third-order valence-corrected chi connectivity index (χ3v) is 2.21. The number of carbonyl (C=O) groups excluding carboxylic acids is 1. The molecule has 1 aromatic rings. The van der Waals surface area contributed by atoms with Gasteiger partial charge in [0.05, 0.1) is 0 Å². The van der Waals surface area contributed by atoms with Crippen LogP contribution >= 0.6 is 11.8 Å². The van der Waals surface area contributed by atoms with Crippen LogP contribution in [0.5, 0.6) is 0 Å². The van der Waals surface area contributed by atoms with E-state index in [4.69, 9.17) is 9.15 Å². The van der Waals surface area contributed by atoms with Crippen molar-refractivity contribution in [2.75, 3.05) is 6.26 Å². The number of thioether (sulfide) groups is 1. The SMILES string of the molecule is CSc1nnc(C(C)NC(=O)OC(C)(C)C)o1. The van der Waals surface area contributed by atoms with E-state index in [-0.39, 0.29) is 6.04 Å². The molecule has 0 aliphatic heterocycles. The summed E-state index contributed by atoms with van der Waals surface area (Å²) in [6.45, 7) is 7.16. The smallest absolute Gasteiger partial charge is 0.408 e. The number of rotatable bonds is 3. The number of nitrogens with zero attached hydrogens (tertiary/aromatic N) is 2. The molecule has 1 rings (SSSR count). The van der Waals surface area contributed by atoms with Gasteiger partial charge >= 0.3 is 6.09 Å². The molecule has 7 heteroatoms. The van der Waals surface area contributed by atoms with Crippen molar-refractivity contribution in [2.24, 2.45) is 0 Å². The lowest BCUT2D eigenvalue weighted by Crippen LogP contribution is -2.34. The lowest BCUT2D eigenvalue weighted by atomic mass is 10.2. The summed E-state index contributed by atoms with van der Waals surface area (Å²) in [5, 5.41) is 10.7. The molecule has 0 aromatic carbocycles. The predicted molar refractivity (Wildman–Crippen MR) is 63.9 cm³/mol. The van der Waals surface area contributed by atoms with Gasteiger partial charge in [0.1, 0.15) is 11.6 Å². The van der Waals surface area contributed by atoms with Gasteiger partial charge in [-0.05, 0) is 34.0 Å². The summed E-state index contributed by atoms with van der Waals surface area (Å²) in [6.07, 6.45) is 1.33. The van der Waals surface area contributed by atoms with Crippen LogP contribution in [0.25, 0.3) is 0 Å². The molecule has 1 heterocycles. The highest BCUT2D eigenvalue weighted by Crippen LogP contribution is 2.17. The first kappa shape index (κ1) is 13.8. The Morgan fingerprint density at radius 3 is 2.59 bits per heavy atom. The maximum atomic E-state index is 11.5. The summed E-state index contributed by atoms with van der Waals surface area (Å²) in [4.78, 5) is 11.5. The van der Waals surface area contributed by atoms with Gasteiger partial charge in [0, 0.05) is 0 Å². The molecule has 0 spiro atoms. The molecule has 6 nitrogen and oxygen atoms in total. The lowest BCUT2D eigenvalue weighted by Gasteiger charge is -2.20. The van der Waals surface area contributed by atoms with Crippen molar-refractivity contribution in [3.05, 3.63) is 5.89 Å². The Morgan fingerprint density at radius 1 is 1.47 bits per heavy atom. The van der Waals surface area contributed by atoms with Crippen molar-refractivity contribution in [2.45, 2.75) is 44.6 Å². The quantitative estimate of drug-likeness (QED) is 0.840. The van der Waals surface area contributed by atoms with Crippen LogP contribution in [0.4, 0.5) is 4.79 Å². The molecule has 0 aliphatic rings. The molecule has 0 saturated carbocycles. The van der Waals surface area contributed by atoms with Crippen LogP contribution in [0, 0.1) is 0 Å². The zero-order chi connectivity index (χ0) is 13.1. The maximum absolute atomic E-state index is 11.5. The molecule has 0 radical (unpaired) electrons. The van der Waals surface area contributed by atoms with E-state index in [0.29, 0.717) is 11.1 Å². The second kappa shape index (κ2) is 5.39. The minimum atomic E-state index is -0.525. The molecule has 1 amide bonds. The maximum Gasteiger partial charge on any atom is 0.408 e. The van der Waals surface area contributed by atoms with Gasteiger partial charge in [0.15, 0.2) is 0 Å². The number of nitrogens with one attached hydrogen (secondary N) is 1. The number of carbonyl (C=O) groups is 1. The van der Waals surface area contributed by atoms with Crippen molar-refractivity contribution in [1.29, 1.82) is 0 Å². The lowest BCUT2D eigenvalue weighted by molar-refractivity contribution is 0.0500. The Hall–Kier alpha value is -1.24. The number of hydrogen-bond donors (Lipinski definition) is 1. The van der Waals surface area contributed by atoms with E-state index in [1.165, 1.54) is 11.8 Å².